The van der Waals surface area contributed by atoms with E-state index in [2.05, 4.69) is 71.0 Å². The average molecular weight is 461 g/mol. The van der Waals surface area contributed by atoms with E-state index in [0.717, 1.165) is 41.4 Å². The summed E-state index contributed by atoms with van der Waals surface area (Å²) in [6.07, 6.45) is 20.0. The lowest BCUT2D eigenvalue weighted by Gasteiger charge is -2.60. The normalized spacial score (nSPS) is 40.3. The molecule has 0 spiro atoms. The van der Waals surface area contributed by atoms with Gasteiger partial charge in [-0.1, -0.05) is 95.9 Å². The SMILES string of the molecule is CC(C)CCC[C@@H](C)[C@@H]1CC[C@@H]2[C@@H]3CC[C@H]4CC=C(Cc5ccccc5)C[C@]4(C)[C@@H]3CC[C@]21C. The predicted octanol–water partition coefficient (Wildman–Crippen LogP) is 9.89. The second kappa shape index (κ2) is 9.78. The Morgan fingerprint density at radius 3 is 2.38 bits per heavy atom. The first kappa shape index (κ1) is 24.6. The highest BCUT2D eigenvalue weighted by Gasteiger charge is 2.60. The molecule has 0 N–H and O–H groups in total. The lowest BCUT2D eigenvalue weighted by atomic mass is 9.44. The quantitative estimate of drug-likeness (QED) is 0.355. The van der Waals surface area contributed by atoms with E-state index in [0.29, 0.717) is 10.8 Å². The molecule has 3 fully saturated rings. The largest absolute Gasteiger partial charge is 0.0847 e. The van der Waals surface area contributed by atoms with Gasteiger partial charge in [-0.25, -0.2) is 0 Å². The molecule has 8 atom stereocenters. The fourth-order valence-corrected chi connectivity index (χ4v) is 10.1. The van der Waals surface area contributed by atoms with Crippen molar-refractivity contribution in [3.63, 3.8) is 0 Å². The number of fused-ring (bicyclic) bond motifs is 5. The van der Waals surface area contributed by atoms with Gasteiger partial charge in [0, 0.05) is 0 Å². The van der Waals surface area contributed by atoms with Crippen LogP contribution in [0, 0.1) is 52.3 Å². The first-order valence-electron chi connectivity index (χ1n) is 15.0. The highest BCUT2D eigenvalue weighted by Crippen LogP contribution is 2.68. The van der Waals surface area contributed by atoms with Crippen LogP contribution in [-0.2, 0) is 6.42 Å². The van der Waals surface area contributed by atoms with Crippen LogP contribution in [0.15, 0.2) is 42.0 Å². The highest BCUT2D eigenvalue weighted by molar-refractivity contribution is 5.25. The topological polar surface area (TPSA) is 0 Å². The number of allylic oxidation sites excluding steroid dienone is 2. The van der Waals surface area contributed by atoms with Gasteiger partial charge in [-0.05, 0) is 116 Å². The molecule has 4 aliphatic rings. The van der Waals surface area contributed by atoms with Crippen molar-refractivity contribution in [2.24, 2.45) is 52.3 Å². The Kier molecular flexibility index (Phi) is 7.09. The minimum absolute atomic E-state index is 0.546. The Labute approximate surface area is 211 Å². The molecule has 0 saturated heterocycles. The fraction of sp³-hybridized carbons (Fsp3) is 0.765. The number of hydrogen-bond acceptors (Lipinski definition) is 0. The molecule has 34 heavy (non-hydrogen) atoms. The smallest absolute Gasteiger partial charge is 0.00669 e. The minimum atomic E-state index is 0.546. The third kappa shape index (κ3) is 4.46. The molecule has 0 amide bonds. The molecule has 1 aromatic carbocycles. The van der Waals surface area contributed by atoms with Crippen LogP contribution in [0.25, 0.3) is 0 Å². The maximum absolute atomic E-state index is 2.75. The molecule has 0 unspecified atom stereocenters. The molecular formula is C34H52. The van der Waals surface area contributed by atoms with Gasteiger partial charge in [-0.2, -0.15) is 0 Å². The molecule has 1 aromatic rings. The van der Waals surface area contributed by atoms with Crippen molar-refractivity contribution in [3.05, 3.63) is 47.5 Å². The maximum Gasteiger partial charge on any atom is -0.00669 e. The van der Waals surface area contributed by atoms with Gasteiger partial charge in [0.25, 0.3) is 0 Å². The Morgan fingerprint density at radius 1 is 0.853 bits per heavy atom. The second-order valence-electron chi connectivity index (χ2n) is 14.1. The summed E-state index contributed by atoms with van der Waals surface area (Å²) in [5.74, 6) is 6.68. The Bertz CT molecular complexity index is 848. The van der Waals surface area contributed by atoms with Crippen molar-refractivity contribution >= 4 is 0 Å². The third-order valence-electron chi connectivity index (χ3n) is 11.8. The van der Waals surface area contributed by atoms with E-state index in [1.54, 1.807) is 5.57 Å². The molecule has 0 aromatic heterocycles. The van der Waals surface area contributed by atoms with Gasteiger partial charge in [-0.3, -0.25) is 0 Å². The molecule has 0 bridgehead atoms. The molecule has 5 rings (SSSR count). The fourth-order valence-electron chi connectivity index (χ4n) is 10.1. The van der Waals surface area contributed by atoms with Gasteiger partial charge >= 0.3 is 0 Å². The van der Waals surface area contributed by atoms with Gasteiger partial charge in [0.05, 0.1) is 0 Å². The van der Waals surface area contributed by atoms with Crippen LogP contribution in [-0.4, -0.2) is 0 Å². The molecular weight excluding hydrogens is 408 g/mol. The van der Waals surface area contributed by atoms with Crippen molar-refractivity contribution in [1.29, 1.82) is 0 Å². The van der Waals surface area contributed by atoms with Gasteiger partial charge in [0.2, 0.25) is 0 Å². The van der Waals surface area contributed by atoms with Crippen molar-refractivity contribution < 1.29 is 0 Å². The van der Waals surface area contributed by atoms with Crippen LogP contribution >= 0.6 is 0 Å². The summed E-state index contributed by atoms with van der Waals surface area (Å²) in [6, 6.07) is 11.2. The Morgan fingerprint density at radius 2 is 1.62 bits per heavy atom. The van der Waals surface area contributed by atoms with Gasteiger partial charge in [0.15, 0.2) is 0 Å². The van der Waals surface area contributed by atoms with E-state index in [4.69, 9.17) is 0 Å². The zero-order valence-electron chi connectivity index (χ0n) is 23.0. The Balaban J connectivity index is 1.29. The van der Waals surface area contributed by atoms with Gasteiger partial charge in [-0.15, -0.1) is 0 Å². The molecule has 0 radical (unpaired) electrons. The lowest BCUT2D eigenvalue weighted by molar-refractivity contribution is -0.102. The van der Waals surface area contributed by atoms with E-state index in [1.807, 2.05) is 0 Å². The molecule has 0 heterocycles. The van der Waals surface area contributed by atoms with Crippen molar-refractivity contribution in [3.8, 4) is 0 Å². The first-order valence-corrected chi connectivity index (χ1v) is 15.0. The van der Waals surface area contributed by atoms with Crippen LogP contribution in [0.1, 0.15) is 111 Å². The number of hydrogen-bond donors (Lipinski definition) is 0. The van der Waals surface area contributed by atoms with Crippen molar-refractivity contribution in [1.82, 2.24) is 0 Å². The molecule has 4 aliphatic carbocycles. The maximum atomic E-state index is 2.75. The summed E-state index contributed by atoms with van der Waals surface area (Å²) in [7, 11) is 0. The van der Waals surface area contributed by atoms with E-state index >= 15 is 0 Å². The number of benzene rings is 1. The molecule has 188 valence electrons. The first-order chi connectivity index (χ1) is 16.3. The summed E-state index contributed by atoms with van der Waals surface area (Å²) in [6.45, 7) is 12.9. The zero-order chi connectivity index (χ0) is 23.9. The van der Waals surface area contributed by atoms with Crippen LogP contribution < -0.4 is 0 Å². The summed E-state index contributed by atoms with van der Waals surface area (Å²) in [5.41, 5.74) is 4.41. The van der Waals surface area contributed by atoms with Crippen molar-refractivity contribution in [2.45, 2.75) is 112 Å². The minimum Gasteiger partial charge on any atom is -0.0847 e. The average Bonchev–Trinajstić information content (AvgIpc) is 3.16. The van der Waals surface area contributed by atoms with Gasteiger partial charge in [0.1, 0.15) is 0 Å². The lowest BCUT2D eigenvalue weighted by Crippen LogP contribution is -2.53. The van der Waals surface area contributed by atoms with E-state index in [-0.39, 0.29) is 0 Å². The van der Waals surface area contributed by atoms with E-state index < -0.39 is 0 Å². The van der Waals surface area contributed by atoms with E-state index in [1.165, 1.54) is 82.6 Å². The van der Waals surface area contributed by atoms with Crippen LogP contribution in [0.4, 0.5) is 0 Å². The van der Waals surface area contributed by atoms with Crippen molar-refractivity contribution in [2.75, 3.05) is 0 Å². The molecule has 3 saturated carbocycles. The second-order valence-corrected chi connectivity index (χ2v) is 14.1. The highest BCUT2D eigenvalue weighted by atomic mass is 14.6. The standard InChI is InChI=1S/C34H52/c1-24(2)10-9-11-25(3)30-18-19-31-29-17-16-28-15-14-27(22-26-12-7-6-8-13-26)23-34(28,5)32(29)20-21-33(30,31)4/h6-8,12-14,24-25,28-32H,9-11,15-23H2,1-5H3/t25-,28-,29+,30+,31-,32-,33+,34+/m1/s1. The zero-order valence-corrected chi connectivity index (χ0v) is 23.0. The summed E-state index contributed by atoms with van der Waals surface area (Å²) < 4.78 is 0. The Hall–Kier alpha value is -1.04. The van der Waals surface area contributed by atoms with Crippen LogP contribution in [0.3, 0.4) is 0 Å². The summed E-state index contributed by atoms with van der Waals surface area (Å²) in [5, 5.41) is 0. The van der Waals surface area contributed by atoms with Gasteiger partial charge < -0.3 is 0 Å². The van der Waals surface area contributed by atoms with E-state index in [9.17, 15) is 0 Å². The predicted molar refractivity (Wildman–Crippen MR) is 147 cm³/mol. The summed E-state index contributed by atoms with van der Waals surface area (Å²) >= 11 is 0. The molecule has 0 heteroatoms. The monoisotopic (exact) mass is 460 g/mol. The molecule has 0 nitrogen and oxygen atoms in total. The molecule has 0 aliphatic heterocycles. The third-order valence-corrected chi connectivity index (χ3v) is 11.8. The van der Waals surface area contributed by atoms with Crippen LogP contribution in [0.5, 0.6) is 0 Å². The van der Waals surface area contributed by atoms with Crippen LogP contribution in [0.2, 0.25) is 0 Å². The summed E-state index contributed by atoms with van der Waals surface area (Å²) in [4.78, 5) is 0. The number of rotatable bonds is 7.